The first kappa shape index (κ1) is 213. The van der Waals surface area contributed by atoms with Gasteiger partial charge in [0.25, 0.3) is 0 Å². The van der Waals surface area contributed by atoms with E-state index in [4.69, 9.17) is 0 Å². The van der Waals surface area contributed by atoms with Crippen molar-refractivity contribution in [3.8, 4) is 0 Å². The van der Waals surface area contributed by atoms with Gasteiger partial charge in [0.1, 0.15) is 0 Å². The van der Waals surface area contributed by atoms with Crippen molar-refractivity contribution in [3.63, 3.8) is 0 Å². The molecule has 0 unspecified atom stereocenters. The minimum Gasteiger partial charge on any atom is -1.00 e. The molecule has 0 saturated heterocycles. The third-order valence-corrected chi connectivity index (χ3v) is 0. The van der Waals surface area contributed by atoms with Crippen molar-refractivity contribution < 1.29 is 75.4 Å². The van der Waals surface area contributed by atoms with Gasteiger partial charge in [0.2, 0.25) is 0 Å². The summed E-state index contributed by atoms with van der Waals surface area (Å²) in [6.45, 7) is 0. The Kier molecular flexibility index (Phi) is 4280. The first-order valence-corrected chi connectivity index (χ1v) is 0. The standard InChI is InChI=1S/2ClH.2Cu.3H2O/h2*1H;;;3*1H2/q;;2*+2;;;/p-5. The molecule has 0 aromatic carbocycles. The maximum absolute atomic E-state index is 0. The largest absolute Gasteiger partial charge is 2.00 e. The topological polar surface area (TPSA) is 90.0 Å². The van der Waals surface area contributed by atoms with Crippen LogP contribution in [0.1, 0.15) is 0 Å². The molecule has 3 nitrogen and oxygen atoms in total. The third-order valence-electron chi connectivity index (χ3n) is 0. The summed E-state index contributed by atoms with van der Waals surface area (Å²) in [6.07, 6.45) is 0. The van der Waals surface area contributed by atoms with Gasteiger partial charge in [0, 0.05) is 0 Å². The molecule has 0 atom stereocenters. The molecular weight excluding hydrogens is 246 g/mol. The molecule has 3 N–H and O–H groups in total. The van der Waals surface area contributed by atoms with Crippen LogP contribution in [-0.2, 0) is 34.1 Å². The van der Waals surface area contributed by atoms with E-state index in [1.54, 1.807) is 0 Å². The van der Waals surface area contributed by atoms with E-state index in [0.717, 1.165) is 0 Å². The zero-order chi connectivity index (χ0) is 0. The van der Waals surface area contributed by atoms with Crippen LogP contribution in [0.5, 0.6) is 0 Å². The molecule has 0 rings (SSSR count). The van der Waals surface area contributed by atoms with Gasteiger partial charge in [0.05, 0.1) is 0 Å². The summed E-state index contributed by atoms with van der Waals surface area (Å²) >= 11 is 0. The van der Waals surface area contributed by atoms with Crippen molar-refractivity contribution in [2.24, 2.45) is 0 Å². The summed E-state index contributed by atoms with van der Waals surface area (Å²) in [6, 6.07) is 0. The van der Waals surface area contributed by atoms with Crippen LogP contribution in [0.4, 0.5) is 0 Å². The number of halogens is 2. The molecule has 2 radical (unpaired) electrons. The molecule has 0 heterocycles. The molecule has 0 aliphatic heterocycles. The molecule has 0 bridgehead atoms. The van der Waals surface area contributed by atoms with E-state index >= 15 is 0 Å². The van der Waals surface area contributed by atoms with Crippen molar-refractivity contribution in [1.82, 2.24) is 0 Å². The van der Waals surface area contributed by atoms with E-state index in [-0.39, 0.29) is 75.4 Å². The Morgan fingerprint density at radius 1 is 0.429 bits per heavy atom. The summed E-state index contributed by atoms with van der Waals surface area (Å²) < 4.78 is 0. The average molecular weight is 249 g/mol. The van der Waals surface area contributed by atoms with Gasteiger partial charge in [-0.25, -0.2) is 0 Å². The van der Waals surface area contributed by atoms with Crippen molar-refractivity contribution in [2.75, 3.05) is 0 Å². The molecule has 0 fully saturated rings. The maximum Gasteiger partial charge on any atom is 2.00 e. The van der Waals surface area contributed by atoms with Gasteiger partial charge in [-0.2, -0.15) is 0 Å². The maximum atomic E-state index is 0. The molecule has 0 amide bonds. The molecule has 0 aliphatic rings. The van der Waals surface area contributed by atoms with Crippen molar-refractivity contribution >= 4 is 0 Å². The van der Waals surface area contributed by atoms with E-state index in [2.05, 4.69) is 0 Å². The summed E-state index contributed by atoms with van der Waals surface area (Å²) in [7, 11) is 0. The van der Waals surface area contributed by atoms with Crippen LogP contribution >= 0.6 is 0 Å². The van der Waals surface area contributed by atoms with Crippen LogP contribution in [-0.4, -0.2) is 16.4 Å². The van der Waals surface area contributed by atoms with Gasteiger partial charge in [-0.05, 0) is 0 Å². The SMILES string of the molecule is [Cl-].[Cl-].[Cu+2].[Cu+2].[OH-].[OH-].[OH-]. The van der Waals surface area contributed by atoms with E-state index < -0.39 is 0 Å². The Bertz CT molecular complexity index is 10.9. The van der Waals surface area contributed by atoms with Crippen LogP contribution in [0.25, 0.3) is 0 Å². The van der Waals surface area contributed by atoms with E-state index in [0.29, 0.717) is 0 Å². The molecule has 7 heteroatoms. The molecular formula is H3Cl2Cu2O3-. The van der Waals surface area contributed by atoms with Gasteiger partial charge in [-0.3, -0.25) is 0 Å². The Morgan fingerprint density at radius 3 is 0.429 bits per heavy atom. The molecule has 58 valence electrons. The summed E-state index contributed by atoms with van der Waals surface area (Å²) in [5.41, 5.74) is 0. The van der Waals surface area contributed by atoms with Gasteiger partial charge >= 0.3 is 34.1 Å². The minimum atomic E-state index is 0. The normalized spacial score (nSPS) is 0. The monoisotopic (exact) mass is 247 g/mol. The van der Waals surface area contributed by atoms with Crippen molar-refractivity contribution in [2.45, 2.75) is 0 Å². The molecule has 7 heavy (non-hydrogen) atoms. The van der Waals surface area contributed by atoms with Gasteiger partial charge in [0.15, 0.2) is 0 Å². The van der Waals surface area contributed by atoms with E-state index in [1.807, 2.05) is 0 Å². The molecule has 0 aromatic rings. The van der Waals surface area contributed by atoms with Crippen molar-refractivity contribution in [3.05, 3.63) is 0 Å². The van der Waals surface area contributed by atoms with Gasteiger partial charge in [-0.1, -0.05) is 0 Å². The van der Waals surface area contributed by atoms with E-state index in [9.17, 15) is 0 Å². The number of rotatable bonds is 0. The Morgan fingerprint density at radius 2 is 0.429 bits per heavy atom. The van der Waals surface area contributed by atoms with Gasteiger partial charge < -0.3 is 41.2 Å². The fraction of sp³-hybridized carbons (Fsp3) is 0. The van der Waals surface area contributed by atoms with E-state index in [1.165, 1.54) is 0 Å². The fourth-order valence-electron chi connectivity index (χ4n) is 0. The van der Waals surface area contributed by atoms with Crippen LogP contribution in [0, 0.1) is 0 Å². The zero-order valence-electron chi connectivity index (χ0n) is 2.70. The molecule has 0 spiro atoms. The third kappa shape index (κ3) is 101. The second-order valence-electron chi connectivity index (χ2n) is 0. The Hall–Kier alpha value is 1.50. The van der Waals surface area contributed by atoms with Gasteiger partial charge in [-0.15, -0.1) is 0 Å². The van der Waals surface area contributed by atoms with Crippen LogP contribution < -0.4 is 24.8 Å². The Labute approximate surface area is 75.3 Å². The first-order valence-electron chi connectivity index (χ1n) is 0. The van der Waals surface area contributed by atoms with Crippen LogP contribution in [0.3, 0.4) is 0 Å². The molecule has 0 saturated carbocycles. The molecule has 0 aliphatic carbocycles. The summed E-state index contributed by atoms with van der Waals surface area (Å²) in [4.78, 5) is 0. The minimum absolute atomic E-state index is 0. The average Bonchev–Trinajstić information content (AvgIpc) is 0. The predicted octanol–water partition coefficient (Wildman–Crippen LogP) is -6.53. The fourth-order valence-corrected chi connectivity index (χ4v) is 0. The Balaban J connectivity index is 0. The first-order chi connectivity index (χ1) is 0. The van der Waals surface area contributed by atoms with Crippen molar-refractivity contribution in [1.29, 1.82) is 0 Å². The quantitative estimate of drug-likeness (QED) is 0.400. The van der Waals surface area contributed by atoms with Crippen LogP contribution in [0.2, 0.25) is 0 Å². The van der Waals surface area contributed by atoms with Crippen LogP contribution in [0.15, 0.2) is 0 Å². The molecule has 0 aromatic heterocycles. The zero-order valence-corrected chi connectivity index (χ0v) is 6.10. The second kappa shape index (κ2) is 141. The summed E-state index contributed by atoms with van der Waals surface area (Å²) in [5, 5.41) is 0. The predicted molar refractivity (Wildman–Crippen MR) is 5.81 cm³/mol. The number of hydrogen-bond acceptors (Lipinski definition) is 3. The smallest absolute Gasteiger partial charge is 1.00 e. The summed E-state index contributed by atoms with van der Waals surface area (Å²) in [5.74, 6) is 0. The number of hydrogen-bond donors (Lipinski definition) is 0. The second-order valence-corrected chi connectivity index (χ2v) is 0.